The number of rotatable bonds is 2. The predicted molar refractivity (Wildman–Crippen MR) is 77.9 cm³/mol. The van der Waals surface area contributed by atoms with E-state index in [2.05, 4.69) is 10.3 Å². The van der Waals surface area contributed by atoms with Crippen LogP contribution in [0.15, 0.2) is 30.5 Å². The topological polar surface area (TPSA) is 42.0 Å². The van der Waals surface area contributed by atoms with Crippen molar-refractivity contribution in [2.75, 3.05) is 5.32 Å². The summed E-state index contributed by atoms with van der Waals surface area (Å²) in [6.07, 6.45) is 1.57. The molecule has 4 heteroatoms. The number of benzene rings is 1. The maximum Gasteiger partial charge on any atom is 0.255 e. The Labute approximate surface area is 117 Å². The molecule has 1 amide bonds. The van der Waals surface area contributed by atoms with Crippen molar-refractivity contribution >= 4 is 23.2 Å². The minimum atomic E-state index is -0.131. The molecular formula is C15H15ClN2O. The fraction of sp³-hybridized carbons (Fsp3) is 0.200. The van der Waals surface area contributed by atoms with Crippen LogP contribution in [0.25, 0.3) is 0 Å². The lowest BCUT2D eigenvalue weighted by molar-refractivity contribution is 0.102. The van der Waals surface area contributed by atoms with Crippen LogP contribution in [-0.4, -0.2) is 10.9 Å². The van der Waals surface area contributed by atoms with Crippen LogP contribution in [0, 0.1) is 20.8 Å². The molecule has 2 rings (SSSR count). The summed E-state index contributed by atoms with van der Waals surface area (Å²) < 4.78 is 0. The number of aromatic nitrogens is 1. The summed E-state index contributed by atoms with van der Waals surface area (Å²) in [6, 6.07) is 7.53. The second-order valence-corrected chi connectivity index (χ2v) is 4.98. The van der Waals surface area contributed by atoms with Crippen molar-refractivity contribution in [3.8, 4) is 0 Å². The molecule has 0 saturated heterocycles. The van der Waals surface area contributed by atoms with Gasteiger partial charge in [-0.15, -0.1) is 0 Å². The van der Waals surface area contributed by atoms with Gasteiger partial charge in [-0.3, -0.25) is 4.79 Å². The third kappa shape index (κ3) is 3.12. The van der Waals surface area contributed by atoms with E-state index in [1.165, 1.54) is 0 Å². The molecule has 2 aromatic rings. The second kappa shape index (κ2) is 5.41. The van der Waals surface area contributed by atoms with Crippen molar-refractivity contribution < 1.29 is 4.79 Å². The van der Waals surface area contributed by atoms with E-state index in [-0.39, 0.29) is 5.91 Å². The Bertz CT molecular complexity index is 638. The van der Waals surface area contributed by atoms with Crippen molar-refractivity contribution in [2.24, 2.45) is 0 Å². The SMILES string of the molecule is Cc1ccc(C)c(C(=O)Nc2cnc(Cl)cc2C)c1. The van der Waals surface area contributed by atoms with E-state index in [4.69, 9.17) is 11.6 Å². The summed E-state index contributed by atoms with van der Waals surface area (Å²) in [6.45, 7) is 5.76. The number of nitrogens with one attached hydrogen (secondary N) is 1. The lowest BCUT2D eigenvalue weighted by Gasteiger charge is -2.10. The summed E-state index contributed by atoms with van der Waals surface area (Å²) in [4.78, 5) is 16.2. The summed E-state index contributed by atoms with van der Waals surface area (Å²) in [5, 5.41) is 3.28. The van der Waals surface area contributed by atoms with Gasteiger partial charge in [-0.2, -0.15) is 0 Å². The Balaban J connectivity index is 2.28. The van der Waals surface area contributed by atoms with Gasteiger partial charge in [0, 0.05) is 5.56 Å². The van der Waals surface area contributed by atoms with Crippen LogP contribution in [0.3, 0.4) is 0 Å². The number of hydrogen-bond acceptors (Lipinski definition) is 2. The minimum absolute atomic E-state index is 0.131. The molecule has 0 radical (unpaired) electrons. The van der Waals surface area contributed by atoms with Gasteiger partial charge in [-0.05, 0) is 44.0 Å². The van der Waals surface area contributed by atoms with E-state index in [9.17, 15) is 4.79 Å². The first-order chi connectivity index (χ1) is 8.97. The third-order valence-corrected chi connectivity index (χ3v) is 3.17. The van der Waals surface area contributed by atoms with E-state index in [0.29, 0.717) is 16.4 Å². The first-order valence-corrected chi connectivity index (χ1v) is 6.36. The van der Waals surface area contributed by atoms with Gasteiger partial charge in [0.15, 0.2) is 0 Å². The van der Waals surface area contributed by atoms with Crippen LogP contribution < -0.4 is 5.32 Å². The van der Waals surface area contributed by atoms with E-state index in [1.54, 1.807) is 12.3 Å². The average molecular weight is 275 g/mol. The molecule has 0 fully saturated rings. The van der Waals surface area contributed by atoms with E-state index < -0.39 is 0 Å². The average Bonchev–Trinajstić information content (AvgIpc) is 2.35. The molecule has 1 heterocycles. The largest absolute Gasteiger partial charge is 0.320 e. The third-order valence-electron chi connectivity index (χ3n) is 2.96. The quantitative estimate of drug-likeness (QED) is 0.844. The monoisotopic (exact) mass is 274 g/mol. The Hall–Kier alpha value is -1.87. The molecule has 0 unspecified atom stereocenters. The van der Waals surface area contributed by atoms with E-state index in [0.717, 1.165) is 16.7 Å². The highest BCUT2D eigenvalue weighted by Gasteiger charge is 2.11. The molecule has 0 aliphatic rings. The zero-order valence-electron chi connectivity index (χ0n) is 11.1. The number of anilines is 1. The van der Waals surface area contributed by atoms with Crippen LogP contribution in [0.1, 0.15) is 27.0 Å². The van der Waals surface area contributed by atoms with Crippen molar-refractivity contribution in [2.45, 2.75) is 20.8 Å². The van der Waals surface area contributed by atoms with E-state index >= 15 is 0 Å². The van der Waals surface area contributed by atoms with Gasteiger partial charge in [-0.25, -0.2) is 4.98 Å². The molecule has 19 heavy (non-hydrogen) atoms. The van der Waals surface area contributed by atoms with Crippen LogP contribution in [0.4, 0.5) is 5.69 Å². The molecule has 3 nitrogen and oxygen atoms in total. The fourth-order valence-electron chi connectivity index (χ4n) is 1.82. The molecule has 0 atom stereocenters. The van der Waals surface area contributed by atoms with Crippen molar-refractivity contribution in [1.29, 1.82) is 0 Å². The first kappa shape index (κ1) is 13.6. The number of nitrogens with zero attached hydrogens (tertiary/aromatic N) is 1. The van der Waals surface area contributed by atoms with Crippen LogP contribution in [0.5, 0.6) is 0 Å². The summed E-state index contributed by atoms with van der Waals surface area (Å²) in [5.74, 6) is -0.131. The standard InChI is InChI=1S/C15H15ClN2O/c1-9-4-5-10(2)12(6-9)15(19)18-13-8-17-14(16)7-11(13)3/h4-8H,1-3H3,(H,18,19). The maximum absolute atomic E-state index is 12.3. The highest BCUT2D eigenvalue weighted by atomic mass is 35.5. The first-order valence-electron chi connectivity index (χ1n) is 5.98. The zero-order chi connectivity index (χ0) is 14.0. The second-order valence-electron chi connectivity index (χ2n) is 4.59. The number of carbonyl (C=O) groups is 1. The maximum atomic E-state index is 12.3. The lowest BCUT2D eigenvalue weighted by atomic mass is 10.0. The summed E-state index contributed by atoms with van der Waals surface area (Å²) in [7, 11) is 0. The van der Waals surface area contributed by atoms with Crippen molar-refractivity contribution in [1.82, 2.24) is 4.98 Å². The molecule has 0 aliphatic heterocycles. The predicted octanol–water partition coefficient (Wildman–Crippen LogP) is 3.91. The minimum Gasteiger partial charge on any atom is -0.320 e. The molecule has 0 aliphatic carbocycles. The van der Waals surface area contributed by atoms with Gasteiger partial charge in [0.25, 0.3) is 5.91 Å². The molecule has 0 bridgehead atoms. The van der Waals surface area contributed by atoms with Gasteiger partial charge in [0.05, 0.1) is 11.9 Å². The highest BCUT2D eigenvalue weighted by molar-refractivity contribution is 6.29. The summed E-state index contributed by atoms with van der Waals surface area (Å²) in [5.41, 5.74) is 4.24. The van der Waals surface area contributed by atoms with Crippen LogP contribution in [0.2, 0.25) is 5.15 Å². The van der Waals surface area contributed by atoms with Gasteiger partial charge >= 0.3 is 0 Å². The molecular weight excluding hydrogens is 260 g/mol. The zero-order valence-corrected chi connectivity index (χ0v) is 11.9. The van der Waals surface area contributed by atoms with Gasteiger partial charge < -0.3 is 5.32 Å². The van der Waals surface area contributed by atoms with Gasteiger partial charge in [-0.1, -0.05) is 29.3 Å². The molecule has 1 aromatic carbocycles. The van der Waals surface area contributed by atoms with E-state index in [1.807, 2.05) is 39.0 Å². The highest BCUT2D eigenvalue weighted by Crippen LogP contribution is 2.19. The smallest absolute Gasteiger partial charge is 0.255 e. The summed E-state index contributed by atoms with van der Waals surface area (Å²) >= 11 is 5.79. The number of aryl methyl sites for hydroxylation is 3. The van der Waals surface area contributed by atoms with Crippen molar-refractivity contribution in [3.63, 3.8) is 0 Å². The fourth-order valence-corrected chi connectivity index (χ4v) is 2.04. The Morgan fingerprint density at radius 2 is 1.89 bits per heavy atom. The number of pyridine rings is 1. The number of halogens is 1. The Morgan fingerprint density at radius 1 is 1.16 bits per heavy atom. The Kier molecular flexibility index (Phi) is 3.86. The molecule has 98 valence electrons. The number of amides is 1. The van der Waals surface area contributed by atoms with Gasteiger partial charge in [0.2, 0.25) is 0 Å². The molecule has 1 N–H and O–H groups in total. The van der Waals surface area contributed by atoms with Crippen LogP contribution in [-0.2, 0) is 0 Å². The Morgan fingerprint density at radius 3 is 2.58 bits per heavy atom. The van der Waals surface area contributed by atoms with Gasteiger partial charge in [0.1, 0.15) is 5.15 Å². The number of hydrogen-bond donors (Lipinski definition) is 1. The molecule has 0 spiro atoms. The molecule has 1 aromatic heterocycles. The lowest BCUT2D eigenvalue weighted by Crippen LogP contribution is -2.14. The van der Waals surface area contributed by atoms with Crippen LogP contribution >= 0.6 is 11.6 Å². The normalized spacial score (nSPS) is 10.3. The molecule has 0 saturated carbocycles. The number of carbonyl (C=O) groups excluding carboxylic acids is 1. The van der Waals surface area contributed by atoms with Crippen molar-refractivity contribution in [3.05, 3.63) is 57.9 Å².